The molecule has 1 heterocycles. The van der Waals surface area contributed by atoms with Gasteiger partial charge in [0.25, 0.3) is 0 Å². The Labute approximate surface area is 52.5 Å². The van der Waals surface area contributed by atoms with E-state index in [1.165, 1.54) is 11.5 Å². The second-order valence-electron chi connectivity index (χ2n) is 1.71. The first kappa shape index (κ1) is 5.72. The number of aromatic nitrogens is 1. The molecule has 0 radical (unpaired) electrons. The highest BCUT2D eigenvalue weighted by atomic mass is 32.1. The monoisotopic (exact) mass is 128 g/mol. The molecular weight excluding hydrogens is 120 g/mol. The van der Waals surface area contributed by atoms with Crippen LogP contribution in [0.3, 0.4) is 0 Å². The van der Waals surface area contributed by atoms with E-state index in [2.05, 4.69) is 4.37 Å². The second-order valence-corrected chi connectivity index (χ2v) is 2.38. The van der Waals surface area contributed by atoms with Crippen molar-refractivity contribution in [2.24, 2.45) is 5.73 Å². The molecule has 44 valence electrons. The molecule has 2 N–H and O–H groups in total. The topological polar surface area (TPSA) is 38.9 Å². The molecule has 2 nitrogen and oxygen atoms in total. The molecule has 1 rings (SSSR count). The summed E-state index contributed by atoms with van der Waals surface area (Å²) in [4.78, 5) is 0. The molecule has 0 saturated heterocycles. The number of nitrogens with zero attached hydrogens (tertiary/aromatic N) is 1. The summed E-state index contributed by atoms with van der Waals surface area (Å²) in [6.07, 6.45) is 0. The van der Waals surface area contributed by atoms with Crippen molar-refractivity contribution in [3.63, 3.8) is 0 Å². The van der Waals surface area contributed by atoms with Crippen LogP contribution in [0.1, 0.15) is 18.7 Å². The summed E-state index contributed by atoms with van der Waals surface area (Å²) < 4.78 is 4.03. The number of nitrogens with two attached hydrogens (primary N) is 1. The number of hydrogen-bond acceptors (Lipinski definition) is 3. The minimum Gasteiger partial charge on any atom is -0.323 e. The molecule has 1 aromatic heterocycles. The van der Waals surface area contributed by atoms with Crippen LogP contribution in [0, 0.1) is 0 Å². The lowest BCUT2D eigenvalue weighted by Gasteiger charge is -1.95. The van der Waals surface area contributed by atoms with Gasteiger partial charge in [0.15, 0.2) is 0 Å². The summed E-state index contributed by atoms with van der Waals surface area (Å²) in [5.41, 5.74) is 6.48. The fraction of sp³-hybridized carbons (Fsp3) is 0.400. The zero-order valence-corrected chi connectivity index (χ0v) is 5.48. The fourth-order valence-electron chi connectivity index (χ4n) is 0.457. The van der Waals surface area contributed by atoms with Gasteiger partial charge in [-0.05, 0) is 24.5 Å². The Morgan fingerprint density at radius 2 is 2.62 bits per heavy atom. The summed E-state index contributed by atoms with van der Waals surface area (Å²) in [6, 6.07) is 2.02. The number of hydrogen-bond donors (Lipinski definition) is 1. The average molecular weight is 128 g/mol. The Hall–Kier alpha value is -0.410. The van der Waals surface area contributed by atoms with Crippen LogP contribution in [0.4, 0.5) is 0 Å². The molecule has 0 fully saturated rings. The third-order valence-corrected chi connectivity index (χ3v) is 1.50. The van der Waals surface area contributed by atoms with E-state index in [9.17, 15) is 0 Å². The molecule has 1 aromatic rings. The third kappa shape index (κ3) is 1.05. The molecule has 1 atom stereocenters. The van der Waals surface area contributed by atoms with E-state index in [4.69, 9.17) is 5.73 Å². The van der Waals surface area contributed by atoms with Gasteiger partial charge in [-0.25, -0.2) is 0 Å². The van der Waals surface area contributed by atoms with Crippen molar-refractivity contribution in [2.75, 3.05) is 0 Å². The highest BCUT2D eigenvalue weighted by molar-refractivity contribution is 7.03. The third-order valence-electron chi connectivity index (χ3n) is 0.924. The Morgan fingerprint density at radius 3 is 2.88 bits per heavy atom. The Morgan fingerprint density at radius 1 is 1.88 bits per heavy atom. The van der Waals surface area contributed by atoms with Gasteiger partial charge in [0.2, 0.25) is 0 Å². The predicted octanol–water partition coefficient (Wildman–Crippen LogP) is 1.16. The van der Waals surface area contributed by atoms with E-state index in [-0.39, 0.29) is 6.04 Å². The van der Waals surface area contributed by atoms with E-state index in [1.54, 1.807) is 0 Å². The summed E-state index contributed by atoms with van der Waals surface area (Å²) in [5.74, 6) is 0. The molecular formula is C5H8N2S. The van der Waals surface area contributed by atoms with Crippen LogP contribution in [-0.4, -0.2) is 4.37 Å². The predicted molar refractivity (Wildman–Crippen MR) is 34.7 cm³/mol. The fourth-order valence-corrected chi connectivity index (χ4v) is 1.07. The molecule has 0 aromatic carbocycles. The largest absolute Gasteiger partial charge is 0.323 e. The van der Waals surface area contributed by atoms with Crippen LogP contribution in [0.2, 0.25) is 0 Å². The molecule has 0 aliphatic carbocycles. The first-order valence-electron chi connectivity index (χ1n) is 2.46. The molecule has 3 heteroatoms. The number of rotatable bonds is 1. The quantitative estimate of drug-likeness (QED) is 0.616. The van der Waals surface area contributed by atoms with Gasteiger partial charge in [0, 0.05) is 11.4 Å². The second kappa shape index (κ2) is 2.24. The lowest BCUT2D eigenvalue weighted by molar-refractivity contribution is 0.796. The van der Waals surface area contributed by atoms with E-state index >= 15 is 0 Å². The van der Waals surface area contributed by atoms with Gasteiger partial charge < -0.3 is 5.73 Å². The highest BCUT2D eigenvalue weighted by Crippen LogP contribution is 2.06. The SMILES string of the molecule is CC(N)c1ccsn1. The Bertz CT molecular complexity index is 145. The highest BCUT2D eigenvalue weighted by Gasteiger charge is 1.97. The van der Waals surface area contributed by atoms with E-state index in [0.717, 1.165) is 5.69 Å². The minimum atomic E-state index is 0.0845. The van der Waals surface area contributed by atoms with Crippen molar-refractivity contribution < 1.29 is 0 Å². The average Bonchev–Trinajstić information content (AvgIpc) is 2.12. The molecule has 1 unspecified atom stereocenters. The summed E-state index contributed by atoms with van der Waals surface area (Å²) in [5, 5.41) is 1.93. The van der Waals surface area contributed by atoms with Gasteiger partial charge in [0.1, 0.15) is 0 Å². The molecule has 0 saturated carbocycles. The first-order chi connectivity index (χ1) is 3.80. The van der Waals surface area contributed by atoms with Crippen LogP contribution < -0.4 is 5.73 Å². The zero-order chi connectivity index (χ0) is 5.98. The van der Waals surface area contributed by atoms with E-state index in [1.807, 2.05) is 18.4 Å². The standard InChI is InChI=1S/C5H8N2S/c1-4(6)5-2-3-8-7-5/h2-4H,6H2,1H3. The molecule has 0 aliphatic heterocycles. The maximum absolute atomic E-state index is 5.50. The van der Waals surface area contributed by atoms with E-state index in [0.29, 0.717) is 0 Å². The van der Waals surface area contributed by atoms with Gasteiger partial charge in [-0.2, -0.15) is 4.37 Å². The van der Waals surface area contributed by atoms with Crippen molar-refractivity contribution in [2.45, 2.75) is 13.0 Å². The molecule has 0 bridgehead atoms. The molecule has 8 heavy (non-hydrogen) atoms. The van der Waals surface area contributed by atoms with Gasteiger partial charge >= 0.3 is 0 Å². The first-order valence-corrected chi connectivity index (χ1v) is 3.30. The summed E-state index contributed by atoms with van der Waals surface area (Å²) in [6.45, 7) is 1.93. The van der Waals surface area contributed by atoms with Gasteiger partial charge in [0.05, 0.1) is 5.69 Å². The van der Waals surface area contributed by atoms with Crippen molar-refractivity contribution >= 4 is 11.5 Å². The van der Waals surface area contributed by atoms with Crippen LogP contribution >= 0.6 is 11.5 Å². The van der Waals surface area contributed by atoms with Gasteiger partial charge in [-0.15, -0.1) is 0 Å². The van der Waals surface area contributed by atoms with Crippen molar-refractivity contribution in [1.82, 2.24) is 4.37 Å². The normalized spacial score (nSPS) is 13.8. The lowest BCUT2D eigenvalue weighted by Crippen LogP contribution is -2.04. The Kier molecular flexibility index (Phi) is 1.60. The van der Waals surface area contributed by atoms with Gasteiger partial charge in [-0.3, -0.25) is 0 Å². The lowest BCUT2D eigenvalue weighted by atomic mass is 10.3. The minimum absolute atomic E-state index is 0.0845. The van der Waals surface area contributed by atoms with Crippen molar-refractivity contribution in [3.05, 3.63) is 17.1 Å². The summed E-state index contributed by atoms with van der Waals surface area (Å²) in [7, 11) is 0. The molecule has 0 amide bonds. The molecule has 0 spiro atoms. The van der Waals surface area contributed by atoms with E-state index < -0.39 is 0 Å². The van der Waals surface area contributed by atoms with Gasteiger partial charge in [-0.1, -0.05) is 0 Å². The summed E-state index contributed by atoms with van der Waals surface area (Å²) >= 11 is 1.44. The zero-order valence-electron chi connectivity index (χ0n) is 4.66. The Balaban J connectivity index is 2.77. The van der Waals surface area contributed by atoms with Crippen LogP contribution in [0.5, 0.6) is 0 Å². The van der Waals surface area contributed by atoms with Crippen LogP contribution in [0.15, 0.2) is 11.4 Å². The van der Waals surface area contributed by atoms with Crippen LogP contribution in [0.25, 0.3) is 0 Å². The van der Waals surface area contributed by atoms with Crippen LogP contribution in [-0.2, 0) is 0 Å². The maximum atomic E-state index is 5.50. The van der Waals surface area contributed by atoms with Crippen molar-refractivity contribution in [1.29, 1.82) is 0 Å². The molecule has 0 aliphatic rings. The maximum Gasteiger partial charge on any atom is 0.0706 e. The smallest absolute Gasteiger partial charge is 0.0706 e. The van der Waals surface area contributed by atoms with Crippen molar-refractivity contribution in [3.8, 4) is 0 Å².